The SMILES string of the molecule is Cc1nnc(CNC(=NCc2ccccc2)NCC(C)(C)N2CCOCC2)n1C.I. The number of hydrogen-bond acceptors (Lipinski definition) is 5. The minimum Gasteiger partial charge on any atom is -0.379 e. The number of benzene rings is 1. The van der Waals surface area contributed by atoms with Gasteiger partial charge in [-0.1, -0.05) is 30.3 Å². The number of aliphatic imine (C=N–C) groups is 1. The molecule has 2 heterocycles. The Bertz CT molecular complexity index is 801. The van der Waals surface area contributed by atoms with Crippen LogP contribution >= 0.6 is 24.0 Å². The molecule has 1 saturated heterocycles. The summed E-state index contributed by atoms with van der Waals surface area (Å²) in [6.45, 7) is 11.9. The van der Waals surface area contributed by atoms with Gasteiger partial charge in [-0.25, -0.2) is 4.99 Å². The van der Waals surface area contributed by atoms with Gasteiger partial charge in [-0.15, -0.1) is 34.2 Å². The molecule has 0 saturated carbocycles. The molecule has 0 aliphatic carbocycles. The topological polar surface area (TPSA) is 79.6 Å². The summed E-state index contributed by atoms with van der Waals surface area (Å²) in [5.41, 5.74) is 1.18. The summed E-state index contributed by atoms with van der Waals surface area (Å²) in [5.74, 6) is 2.55. The molecule has 0 spiro atoms. The molecule has 166 valence electrons. The van der Waals surface area contributed by atoms with Gasteiger partial charge in [0.2, 0.25) is 0 Å². The molecule has 0 atom stereocenters. The third-order valence-electron chi connectivity index (χ3n) is 5.41. The quantitative estimate of drug-likeness (QED) is 0.326. The van der Waals surface area contributed by atoms with Crippen LogP contribution in [0.2, 0.25) is 0 Å². The molecule has 8 nitrogen and oxygen atoms in total. The Balaban J connectivity index is 0.00000320. The standard InChI is InChI=1S/C21H33N7O.HI/c1-17-25-26-19(27(17)4)15-23-20(22-14-18-8-6-5-7-9-18)24-16-21(2,3)28-10-12-29-13-11-28;/h5-9H,10-16H2,1-4H3,(H2,22,23,24);1H. The van der Waals surface area contributed by atoms with Crippen molar-refractivity contribution in [3.63, 3.8) is 0 Å². The molecule has 0 amide bonds. The summed E-state index contributed by atoms with van der Waals surface area (Å²) in [7, 11) is 1.97. The number of hydrogen-bond donors (Lipinski definition) is 2. The second kappa shape index (κ2) is 11.6. The monoisotopic (exact) mass is 527 g/mol. The third-order valence-corrected chi connectivity index (χ3v) is 5.41. The molecule has 1 aromatic carbocycles. The summed E-state index contributed by atoms with van der Waals surface area (Å²) in [4.78, 5) is 7.25. The van der Waals surface area contributed by atoms with Gasteiger partial charge >= 0.3 is 0 Å². The van der Waals surface area contributed by atoms with Gasteiger partial charge in [-0.2, -0.15) is 0 Å². The van der Waals surface area contributed by atoms with Crippen molar-refractivity contribution in [1.29, 1.82) is 0 Å². The highest BCUT2D eigenvalue weighted by Gasteiger charge is 2.28. The number of morpholine rings is 1. The first kappa shape index (κ1) is 24.5. The van der Waals surface area contributed by atoms with Crippen LogP contribution in [0.4, 0.5) is 0 Å². The maximum absolute atomic E-state index is 5.50. The first-order valence-corrected chi connectivity index (χ1v) is 10.2. The zero-order chi connectivity index (χ0) is 20.7. The van der Waals surface area contributed by atoms with Crippen LogP contribution in [0.25, 0.3) is 0 Å². The number of guanidine groups is 1. The molecule has 1 aromatic heterocycles. The molecule has 0 unspecified atom stereocenters. The highest BCUT2D eigenvalue weighted by atomic mass is 127. The van der Waals surface area contributed by atoms with Crippen molar-refractivity contribution in [3.8, 4) is 0 Å². The average Bonchev–Trinajstić information content (AvgIpc) is 3.06. The van der Waals surface area contributed by atoms with E-state index in [-0.39, 0.29) is 29.5 Å². The predicted molar refractivity (Wildman–Crippen MR) is 130 cm³/mol. The van der Waals surface area contributed by atoms with E-state index in [1.165, 1.54) is 5.56 Å². The van der Waals surface area contributed by atoms with E-state index < -0.39 is 0 Å². The van der Waals surface area contributed by atoms with Crippen molar-refractivity contribution in [2.75, 3.05) is 32.8 Å². The lowest BCUT2D eigenvalue weighted by molar-refractivity contribution is -0.00834. The number of aromatic nitrogens is 3. The Morgan fingerprint density at radius 1 is 1.13 bits per heavy atom. The van der Waals surface area contributed by atoms with Crippen LogP contribution in [0.1, 0.15) is 31.1 Å². The van der Waals surface area contributed by atoms with Gasteiger partial charge in [0.25, 0.3) is 0 Å². The number of nitrogens with zero attached hydrogens (tertiary/aromatic N) is 5. The lowest BCUT2D eigenvalue weighted by Crippen LogP contribution is -2.56. The van der Waals surface area contributed by atoms with E-state index in [2.05, 4.69) is 51.7 Å². The van der Waals surface area contributed by atoms with Crippen molar-refractivity contribution in [3.05, 3.63) is 47.5 Å². The van der Waals surface area contributed by atoms with Gasteiger partial charge < -0.3 is 19.9 Å². The van der Waals surface area contributed by atoms with E-state index in [4.69, 9.17) is 9.73 Å². The predicted octanol–water partition coefficient (Wildman–Crippen LogP) is 2.09. The van der Waals surface area contributed by atoms with Crippen molar-refractivity contribution in [2.24, 2.45) is 12.0 Å². The Morgan fingerprint density at radius 3 is 2.47 bits per heavy atom. The lowest BCUT2D eigenvalue weighted by Gasteiger charge is -2.41. The van der Waals surface area contributed by atoms with Gasteiger partial charge in [0.1, 0.15) is 5.82 Å². The number of rotatable bonds is 7. The molecular formula is C21H34IN7O. The average molecular weight is 527 g/mol. The molecule has 1 aliphatic heterocycles. The van der Waals surface area contributed by atoms with Crippen LogP contribution in [0, 0.1) is 6.92 Å². The number of aryl methyl sites for hydroxylation is 1. The fourth-order valence-corrected chi connectivity index (χ4v) is 3.28. The largest absolute Gasteiger partial charge is 0.379 e. The van der Waals surface area contributed by atoms with Gasteiger partial charge in [0.15, 0.2) is 11.8 Å². The second-order valence-corrected chi connectivity index (χ2v) is 7.99. The minimum atomic E-state index is 0. The van der Waals surface area contributed by atoms with Crippen molar-refractivity contribution in [2.45, 2.75) is 39.4 Å². The molecule has 1 fully saturated rings. The molecule has 9 heteroatoms. The van der Waals surface area contributed by atoms with Crippen molar-refractivity contribution in [1.82, 2.24) is 30.3 Å². The summed E-state index contributed by atoms with van der Waals surface area (Å²) >= 11 is 0. The van der Waals surface area contributed by atoms with Crippen LogP contribution < -0.4 is 10.6 Å². The Kier molecular flexibility index (Phi) is 9.50. The Labute approximate surface area is 196 Å². The van der Waals surface area contributed by atoms with Gasteiger partial charge in [0.05, 0.1) is 26.3 Å². The van der Waals surface area contributed by atoms with Gasteiger partial charge in [0, 0.05) is 32.2 Å². The van der Waals surface area contributed by atoms with Crippen LogP contribution in [0.3, 0.4) is 0 Å². The molecule has 30 heavy (non-hydrogen) atoms. The zero-order valence-electron chi connectivity index (χ0n) is 18.4. The first-order chi connectivity index (χ1) is 14.0. The smallest absolute Gasteiger partial charge is 0.192 e. The molecule has 2 aromatic rings. The lowest BCUT2D eigenvalue weighted by atomic mass is 10.0. The van der Waals surface area contributed by atoms with E-state index in [0.29, 0.717) is 13.1 Å². The molecule has 1 aliphatic rings. The minimum absolute atomic E-state index is 0. The first-order valence-electron chi connectivity index (χ1n) is 10.2. The number of ether oxygens (including phenoxy) is 1. The van der Waals surface area contributed by atoms with E-state index in [9.17, 15) is 0 Å². The van der Waals surface area contributed by atoms with Crippen LogP contribution in [-0.2, 0) is 24.9 Å². The molecule has 0 bridgehead atoms. The van der Waals surface area contributed by atoms with Crippen LogP contribution in [-0.4, -0.2) is 64.0 Å². The summed E-state index contributed by atoms with van der Waals surface area (Å²) in [6, 6.07) is 10.3. The summed E-state index contributed by atoms with van der Waals surface area (Å²) < 4.78 is 7.48. The molecule has 0 radical (unpaired) electrons. The van der Waals surface area contributed by atoms with Crippen LogP contribution in [0.15, 0.2) is 35.3 Å². The normalized spacial score (nSPS) is 15.5. The number of halogens is 1. The second-order valence-electron chi connectivity index (χ2n) is 7.99. The number of nitrogens with one attached hydrogen (secondary N) is 2. The molecular weight excluding hydrogens is 493 g/mol. The summed E-state index contributed by atoms with van der Waals surface area (Å²) in [6.07, 6.45) is 0. The zero-order valence-corrected chi connectivity index (χ0v) is 20.7. The van der Waals surface area contributed by atoms with Crippen molar-refractivity contribution < 1.29 is 4.74 Å². The van der Waals surface area contributed by atoms with Crippen LogP contribution in [0.5, 0.6) is 0 Å². The fourth-order valence-electron chi connectivity index (χ4n) is 3.28. The van der Waals surface area contributed by atoms with E-state index in [0.717, 1.165) is 50.5 Å². The maximum Gasteiger partial charge on any atom is 0.192 e. The van der Waals surface area contributed by atoms with Crippen molar-refractivity contribution >= 4 is 29.9 Å². The third kappa shape index (κ3) is 6.92. The summed E-state index contributed by atoms with van der Waals surface area (Å²) in [5, 5.41) is 15.3. The highest BCUT2D eigenvalue weighted by Crippen LogP contribution is 2.15. The highest BCUT2D eigenvalue weighted by molar-refractivity contribution is 14.0. The van der Waals surface area contributed by atoms with Gasteiger partial charge in [-0.3, -0.25) is 4.90 Å². The van der Waals surface area contributed by atoms with E-state index in [1.807, 2.05) is 36.7 Å². The molecule has 2 N–H and O–H groups in total. The Morgan fingerprint density at radius 2 is 1.83 bits per heavy atom. The van der Waals surface area contributed by atoms with Gasteiger partial charge in [-0.05, 0) is 26.3 Å². The maximum atomic E-state index is 5.50. The Hall–Kier alpha value is -1.72. The van der Waals surface area contributed by atoms with E-state index >= 15 is 0 Å². The van der Waals surface area contributed by atoms with E-state index in [1.54, 1.807) is 0 Å². The fraction of sp³-hybridized carbons (Fsp3) is 0.571. The molecule has 3 rings (SSSR count).